The molecular formula is C14H17NO7S. The van der Waals surface area contributed by atoms with Crippen LogP contribution in [-0.2, 0) is 19.6 Å². The molecule has 3 N–H and O–H groups in total. The van der Waals surface area contributed by atoms with Crippen molar-refractivity contribution in [3.8, 4) is 0 Å². The number of carbonyl (C=O) groups is 2. The smallest absolute Gasteiger partial charge is 0.335 e. The maximum Gasteiger partial charge on any atom is 0.335 e. The highest BCUT2D eigenvalue weighted by molar-refractivity contribution is 7.89. The number of benzene rings is 1. The summed E-state index contributed by atoms with van der Waals surface area (Å²) in [6.45, 7) is 0.451. The fourth-order valence-corrected chi connectivity index (χ4v) is 3.85. The molecule has 1 atom stereocenters. The molecule has 1 heterocycles. The first-order valence-electron chi connectivity index (χ1n) is 6.91. The molecule has 1 aromatic carbocycles. The fourth-order valence-electron chi connectivity index (χ4n) is 2.40. The molecule has 0 radical (unpaired) electrons. The second kappa shape index (κ2) is 6.65. The third kappa shape index (κ3) is 4.27. The number of hydrogen-bond acceptors (Lipinski definition) is 5. The van der Waals surface area contributed by atoms with Crippen molar-refractivity contribution in [2.45, 2.75) is 29.7 Å². The van der Waals surface area contributed by atoms with Crippen molar-refractivity contribution >= 4 is 22.0 Å². The van der Waals surface area contributed by atoms with Gasteiger partial charge in [-0.3, -0.25) is 4.79 Å². The van der Waals surface area contributed by atoms with Crippen LogP contribution in [0.25, 0.3) is 0 Å². The first-order chi connectivity index (χ1) is 10.7. The SMILES string of the molecule is O=C(O)CCC1(NS(=O)(=O)c2ccc(C(=O)O)cc2)CCOC1. The molecular weight excluding hydrogens is 326 g/mol. The zero-order valence-corrected chi connectivity index (χ0v) is 13.0. The van der Waals surface area contributed by atoms with E-state index in [4.69, 9.17) is 14.9 Å². The standard InChI is InChI=1S/C14H17NO7S/c16-12(17)5-6-14(7-8-22-9-14)15-23(20,21)11-3-1-10(2-4-11)13(18)19/h1-4,15H,5-9H2,(H,16,17)(H,18,19). The fraction of sp³-hybridized carbons (Fsp3) is 0.429. The van der Waals surface area contributed by atoms with Gasteiger partial charge in [-0.1, -0.05) is 0 Å². The van der Waals surface area contributed by atoms with E-state index < -0.39 is 27.5 Å². The van der Waals surface area contributed by atoms with Crippen LogP contribution in [0.2, 0.25) is 0 Å². The summed E-state index contributed by atoms with van der Waals surface area (Å²) in [6.07, 6.45) is 0.325. The summed E-state index contributed by atoms with van der Waals surface area (Å²) < 4.78 is 32.7. The summed E-state index contributed by atoms with van der Waals surface area (Å²) in [4.78, 5) is 21.5. The van der Waals surface area contributed by atoms with Gasteiger partial charge in [-0.05, 0) is 37.1 Å². The van der Waals surface area contributed by atoms with Gasteiger partial charge in [0.2, 0.25) is 10.0 Å². The summed E-state index contributed by atoms with van der Waals surface area (Å²) in [5.41, 5.74) is -0.975. The highest BCUT2D eigenvalue weighted by Crippen LogP contribution is 2.27. The second-order valence-corrected chi connectivity index (χ2v) is 7.09. The molecule has 1 aromatic rings. The predicted molar refractivity (Wildman–Crippen MR) is 78.8 cm³/mol. The van der Waals surface area contributed by atoms with E-state index >= 15 is 0 Å². The van der Waals surface area contributed by atoms with Gasteiger partial charge in [-0.25, -0.2) is 17.9 Å². The zero-order valence-electron chi connectivity index (χ0n) is 12.2. The summed E-state index contributed by atoms with van der Waals surface area (Å²) >= 11 is 0. The molecule has 2 rings (SSSR count). The molecule has 9 heteroatoms. The minimum Gasteiger partial charge on any atom is -0.481 e. The average Bonchev–Trinajstić information content (AvgIpc) is 2.93. The van der Waals surface area contributed by atoms with Crippen molar-refractivity contribution in [3.05, 3.63) is 29.8 Å². The predicted octanol–water partition coefficient (Wildman–Crippen LogP) is 0.687. The van der Waals surface area contributed by atoms with Crippen molar-refractivity contribution in [2.75, 3.05) is 13.2 Å². The van der Waals surface area contributed by atoms with Crippen LogP contribution < -0.4 is 4.72 Å². The minimum absolute atomic E-state index is 0.0197. The molecule has 1 aliphatic rings. The van der Waals surface area contributed by atoms with E-state index in [1.807, 2.05) is 0 Å². The van der Waals surface area contributed by atoms with Crippen molar-refractivity contribution < 1.29 is 33.0 Å². The Balaban J connectivity index is 2.20. The number of hydrogen-bond donors (Lipinski definition) is 3. The van der Waals surface area contributed by atoms with Crippen LogP contribution in [0.15, 0.2) is 29.2 Å². The Hall–Kier alpha value is -1.97. The van der Waals surface area contributed by atoms with E-state index in [0.29, 0.717) is 13.0 Å². The van der Waals surface area contributed by atoms with Crippen molar-refractivity contribution in [3.63, 3.8) is 0 Å². The second-order valence-electron chi connectivity index (χ2n) is 5.41. The zero-order chi connectivity index (χ0) is 17.1. The van der Waals surface area contributed by atoms with E-state index in [0.717, 1.165) is 0 Å². The molecule has 8 nitrogen and oxygen atoms in total. The molecule has 1 saturated heterocycles. The molecule has 23 heavy (non-hydrogen) atoms. The lowest BCUT2D eigenvalue weighted by Crippen LogP contribution is -2.49. The first-order valence-corrected chi connectivity index (χ1v) is 8.39. The van der Waals surface area contributed by atoms with E-state index in [2.05, 4.69) is 4.72 Å². The first kappa shape index (κ1) is 17.4. The lowest BCUT2D eigenvalue weighted by molar-refractivity contribution is -0.137. The van der Waals surface area contributed by atoms with Gasteiger partial charge in [-0.15, -0.1) is 0 Å². The van der Waals surface area contributed by atoms with Crippen LogP contribution in [0.5, 0.6) is 0 Å². The van der Waals surface area contributed by atoms with E-state index in [-0.39, 0.29) is 29.9 Å². The molecule has 1 unspecified atom stereocenters. The third-order valence-corrected chi connectivity index (χ3v) is 5.28. The molecule has 0 aliphatic carbocycles. The van der Waals surface area contributed by atoms with Gasteiger partial charge < -0.3 is 14.9 Å². The number of aliphatic carboxylic acids is 1. The van der Waals surface area contributed by atoms with E-state index in [1.165, 1.54) is 24.3 Å². The Morgan fingerprint density at radius 2 is 1.87 bits per heavy atom. The van der Waals surface area contributed by atoms with Crippen LogP contribution in [0, 0.1) is 0 Å². The summed E-state index contributed by atoms with van der Waals surface area (Å²) in [6, 6.07) is 4.80. The summed E-state index contributed by atoms with van der Waals surface area (Å²) in [7, 11) is -3.91. The van der Waals surface area contributed by atoms with Gasteiger partial charge in [0.25, 0.3) is 0 Å². The number of aromatic carboxylic acids is 1. The maximum atomic E-state index is 12.5. The Morgan fingerprint density at radius 3 is 2.35 bits per heavy atom. The Morgan fingerprint density at radius 1 is 1.22 bits per heavy atom. The van der Waals surface area contributed by atoms with Crippen molar-refractivity contribution in [2.24, 2.45) is 0 Å². The molecule has 126 valence electrons. The third-order valence-electron chi connectivity index (χ3n) is 3.68. The number of rotatable bonds is 7. The van der Waals surface area contributed by atoms with Crippen LogP contribution >= 0.6 is 0 Å². The van der Waals surface area contributed by atoms with Crippen molar-refractivity contribution in [1.82, 2.24) is 4.72 Å². The summed E-state index contributed by atoms with van der Waals surface area (Å²) in [5.74, 6) is -2.16. The van der Waals surface area contributed by atoms with Crippen LogP contribution in [0.1, 0.15) is 29.6 Å². The monoisotopic (exact) mass is 343 g/mol. The van der Waals surface area contributed by atoms with Crippen LogP contribution in [-0.4, -0.2) is 49.3 Å². The Bertz CT molecular complexity index is 690. The lowest BCUT2D eigenvalue weighted by Gasteiger charge is -2.27. The summed E-state index contributed by atoms with van der Waals surface area (Å²) in [5, 5.41) is 17.6. The van der Waals surface area contributed by atoms with Gasteiger partial charge in [0.05, 0.1) is 22.6 Å². The largest absolute Gasteiger partial charge is 0.481 e. The Labute approximate surface area is 133 Å². The van der Waals surface area contributed by atoms with Crippen LogP contribution in [0.3, 0.4) is 0 Å². The molecule has 1 fully saturated rings. The quantitative estimate of drug-likeness (QED) is 0.664. The molecule has 1 aliphatic heterocycles. The topological polar surface area (TPSA) is 130 Å². The normalized spacial score (nSPS) is 21.2. The highest BCUT2D eigenvalue weighted by atomic mass is 32.2. The molecule has 0 aromatic heterocycles. The molecule has 0 bridgehead atoms. The van der Waals surface area contributed by atoms with Gasteiger partial charge in [0.1, 0.15) is 0 Å². The van der Waals surface area contributed by atoms with Gasteiger partial charge in [0, 0.05) is 13.0 Å². The minimum atomic E-state index is -3.91. The lowest BCUT2D eigenvalue weighted by atomic mass is 9.94. The number of nitrogens with one attached hydrogen (secondary N) is 1. The van der Waals surface area contributed by atoms with Gasteiger partial charge in [0.15, 0.2) is 0 Å². The van der Waals surface area contributed by atoms with E-state index in [9.17, 15) is 18.0 Å². The van der Waals surface area contributed by atoms with Crippen LogP contribution in [0.4, 0.5) is 0 Å². The molecule has 0 amide bonds. The average molecular weight is 343 g/mol. The van der Waals surface area contributed by atoms with Gasteiger partial charge >= 0.3 is 11.9 Å². The Kier molecular flexibility index (Phi) is 5.03. The number of sulfonamides is 1. The molecule has 0 spiro atoms. The number of carboxylic acids is 2. The van der Waals surface area contributed by atoms with E-state index in [1.54, 1.807) is 0 Å². The van der Waals surface area contributed by atoms with Crippen molar-refractivity contribution in [1.29, 1.82) is 0 Å². The van der Waals surface area contributed by atoms with Gasteiger partial charge in [-0.2, -0.15) is 0 Å². The molecule has 0 saturated carbocycles. The highest BCUT2D eigenvalue weighted by Gasteiger charge is 2.39. The number of ether oxygens (including phenoxy) is 1. The number of carboxylic acid groups (broad SMARTS) is 2. The maximum absolute atomic E-state index is 12.5.